The number of nitrogens with zero attached hydrogens (tertiary/aromatic N) is 2. The molecule has 0 amide bonds. The first-order chi connectivity index (χ1) is 7.72. The van der Waals surface area contributed by atoms with E-state index in [4.69, 9.17) is 10.5 Å². The largest absolute Gasteiger partial charge is 0.399 e. The SMILES string of the molecule is COCCC(C)n1ncc2ccc(N)cc21. The highest BCUT2D eigenvalue weighted by Gasteiger charge is 2.09. The lowest BCUT2D eigenvalue weighted by atomic mass is 10.2. The molecule has 0 aliphatic heterocycles. The standard InChI is InChI=1S/C12H17N3O/c1-9(5-6-16-2)15-12-7-11(13)4-3-10(12)8-14-15/h3-4,7-9H,5-6,13H2,1-2H3. The summed E-state index contributed by atoms with van der Waals surface area (Å²) >= 11 is 0. The predicted molar refractivity (Wildman–Crippen MR) is 65.3 cm³/mol. The van der Waals surface area contributed by atoms with E-state index in [1.165, 1.54) is 0 Å². The van der Waals surface area contributed by atoms with Gasteiger partial charge in [0.1, 0.15) is 0 Å². The average Bonchev–Trinajstić information content (AvgIpc) is 2.68. The predicted octanol–water partition coefficient (Wildman–Crippen LogP) is 2.22. The van der Waals surface area contributed by atoms with Crippen molar-refractivity contribution in [3.8, 4) is 0 Å². The van der Waals surface area contributed by atoms with Crippen LogP contribution in [0.1, 0.15) is 19.4 Å². The molecule has 0 aliphatic carbocycles. The van der Waals surface area contributed by atoms with E-state index in [-0.39, 0.29) is 0 Å². The van der Waals surface area contributed by atoms with Gasteiger partial charge < -0.3 is 10.5 Å². The van der Waals surface area contributed by atoms with Crippen molar-refractivity contribution < 1.29 is 4.74 Å². The maximum absolute atomic E-state index is 5.79. The Kier molecular flexibility index (Phi) is 3.10. The van der Waals surface area contributed by atoms with Crippen molar-refractivity contribution in [2.45, 2.75) is 19.4 Å². The second kappa shape index (κ2) is 4.53. The first-order valence-electron chi connectivity index (χ1n) is 5.44. The summed E-state index contributed by atoms with van der Waals surface area (Å²) in [6.07, 6.45) is 2.82. The molecular weight excluding hydrogens is 202 g/mol. The van der Waals surface area contributed by atoms with E-state index in [9.17, 15) is 0 Å². The van der Waals surface area contributed by atoms with Crippen LogP contribution in [0.2, 0.25) is 0 Å². The maximum atomic E-state index is 5.79. The van der Waals surface area contributed by atoms with Gasteiger partial charge in [0.2, 0.25) is 0 Å². The number of hydrogen-bond acceptors (Lipinski definition) is 3. The maximum Gasteiger partial charge on any atom is 0.0706 e. The van der Waals surface area contributed by atoms with Crippen molar-refractivity contribution in [1.82, 2.24) is 9.78 Å². The van der Waals surface area contributed by atoms with Crippen molar-refractivity contribution in [3.63, 3.8) is 0 Å². The van der Waals surface area contributed by atoms with Crippen molar-refractivity contribution in [2.75, 3.05) is 19.5 Å². The zero-order chi connectivity index (χ0) is 11.5. The third-order valence-corrected chi connectivity index (χ3v) is 2.78. The Hall–Kier alpha value is -1.55. The number of ether oxygens (including phenoxy) is 1. The van der Waals surface area contributed by atoms with Gasteiger partial charge in [-0.25, -0.2) is 0 Å². The molecule has 1 aromatic carbocycles. The summed E-state index contributed by atoms with van der Waals surface area (Å²) in [7, 11) is 1.71. The molecule has 1 unspecified atom stereocenters. The van der Waals surface area contributed by atoms with E-state index in [0.29, 0.717) is 6.04 Å². The molecule has 0 aliphatic rings. The van der Waals surface area contributed by atoms with E-state index in [1.54, 1.807) is 7.11 Å². The fraction of sp³-hybridized carbons (Fsp3) is 0.417. The molecule has 0 saturated heterocycles. The number of rotatable bonds is 4. The van der Waals surface area contributed by atoms with Gasteiger partial charge in [-0.15, -0.1) is 0 Å². The first-order valence-corrected chi connectivity index (χ1v) is 5.44. The van der Waals surface area contributed by atoms with Crippen LogP contribution in [0.25, 0.3) is 10.9 Å². The lowest BCUT2D eigenvalue weighted by molar-refractivity contribution is 0.179. The average molecular weight is 219 g/mol. The van der Waals surface area contributed by atoms with Crippen LogP contribution >= 0.6 is 0 Å². The summed E-state index contributed by atoms with van der Waals surface area (Å²) in [6, 6.07) is 6.18. The number of nitrogen functional groups attached to an aromatic ring is 1. The molecule has 0 bridgehead atoms. The summed E-state index contributed by atoms with van der Waals surface area (Å²) in [5, 5.41) is 5.52. The van der Waals surface area contributed by atoms with E-state index in [2.05, 4.69) is 12.0 Å². The third kappa shape index (κ3) is 2.02. The molecule has 2 rings (SSSR count). The Labute approximate surface area is 95.0 Å². The monoisotopic (exact) mass is 219 g/mol. The van der Waals surface area contributed by atoms with E-state index in [0.717, 1.165) is 29.6 Å². The molecule has 4 nitrogen and oxygen atoms in total. The molecule has 0 spiro atoms. The van der Waals surface area contributed by atoms with Crippen LogP contribution in [-0.4, -0.2) is 23.5 Å². The van der Waals surface area contributed by atoms with Gasteiger partial charge in [-0.05, 0) is 31.5 Å². The van der Waals surface area contributed by atoms with Gasteiger partial charge in [0.15, 0.2) is 0 Å². The highest BCUT2D eigenvalue weighted by atomic mass is 16.5. The van der Waals surface area contributed by atoms with Crippen LogP contribution in [0, 0.1) is 0 Å². The first kappa shape index (κ1) is 11.0. The van der Waals surface area contributed by atoms with Gasteiger partial charge in [-0.2, -0.15) is 5.10 Å². The molecule has 1 aromatic heterocycles. The van der Waals surface area contributed by atoms with Crippen LogP contribution in [-0.2, 0) is 4.74 Å². The van der Waals surface area contributed by atoms with Crippen molar-refractivity contribution in [1.29, 1.82) is 0 Å². The molecule has 86 valence electrons. The van der Waals surface area contributed by atoms with Crippen molar-refractivity contribution in [3.05, 3.63) is 24.4 Å². The van der Waals surface area contributed by atoms with Gasteiger partial charge in [0.25, 0.3) is 0 Å². The Morgan fingerprint density at radius 2 is 2.31 bits per heavy atom. The molecule has 0 saturated carbocycles. The lowest BCUT2D eigenvalue weighted by Crippen LogP contribution is -2.09. The molecule has 4 heteroatoms. The van der Waals surface area contributed by atoms with Crippen LogP contribution in [0.4, 0.5) is 5.69 Å². The normalized spacial score (nSPS) is 13.1. The Morgan fingerprint density at radius 3 is 3.06 bits per heavy atom. The number of hydrogen-bond donors (Lipinski definition) is 1. The minimum atomic E-state index is 0.319. The lowest BCUT2D eigenvalue weighted by Gasteiger charge is -2.12. The molecule has 16 heavy (non-hydrogen) atoms. The highest BCUT2D eigenvalue weighted by molar-refractivity contribution is 5.81. The molecule has 2 aromatic rings. The third-order valence-electron chi connectivity index (χ3n) is 2.78. The fourth-order valence-electron chi connectivity index (χ4n) is 1.82. The number of anilines is 1. The Balaban J connectivity index is 2.33. The van der Waals surface area contributed by atoms with Gasteiger partial charge in [-0.1, -0.05) is 0 Å². The topological polar surface area (TPSA) is 53.1 Å². The van der Waals surface area contributed by atoms with Gasteiger partial charge >= 0.3 is 0 Å². The smallest absolute Gasteiger partial charge is 0.0706 e. The fourth-order valence-corrected chi connectivity index (χ4v) is 1.82. The Morgan fingerprint density at radius 1 is 1.50 bits per heavy atom. The van der Waals surface area contributed by atoms with Crippen LogP contribution in [0.5, 0.6) is 0 Å². The van der Waals surface area contributed by atoms with Crippen LogP contribution in [0.15, 0.2) is 24.4 Å². The quantitative estimate of drug-likeness (QED) is 0.802. The van der Waals surface area contributed by atoms with E-state index >= 15 is 0 Å². The zero-order valence-corrected chi connectivity index (χ0v) is 9.68. The molecule has 1 atom stereocenters. The zero-order valence-electron chi connectivity index (χ0n) is 9.68. The number of nitrogens with two attached hydrogens (primary N) is 1. The van der Waals surface area contributed by atoms with Gasteiger partial charge in [0.05, 0.1) is 17.8 Å². The summed E-state index contributed by atoms with van der Waals surface area (Å²) in [5.41, 5.74) is 7.64. The minimum absolute atomic E-state index is 0.319. The van der Waals surface area contributed by atoms with E-state index in [1.807, 2.05) is 29.1 Å². The van der Waals surface area contributed by atoms with Gasteiger partial charge in [0, 0.05) is 24.8 Å². The van der Waals surface area contributed by atoms with Gasteiger partial charge in [-0.3, -0.25) is 4.68 Å². The van der Waals surface area contributed by atoms with Crippen molar-refractivity contribution in [2.24, 2.45) is 0 Å². The summed E-state index contributed by atoms with van der Waals surface area (Å²) in [4.78, 5) is 0. The number of fused-ring (bicyclic) bond motifs is 1. The number of aromatic nitrogens is 2. The number of benzene rings is 1. The summed E-state index contributed by atoms with van der Waals surface area (Å²) in [6.45, 7) is 2.87. The summed E-state index contributed by atoms with van der Waals surface area (Å²) < 4.78 is 7.09. The van der Waals surface area contributed by atoms with Crippen LogP contribution < -0.4 is 5.73 Å². The molecule has 0 fully saturated rings. The number of methoxy groups -OCH3 is 1. The molecule has 2 N–H and O–H groups in total. The second-order valence-corrected chi connectivity index (χ2v) is 4.04. The molecular formula is C12H17N3O. The second-order valence-electron chi connectivity index (χ2n) is 4.04. The van der Waals surface area contributed by atoms with Crippen LogP contribution in [0.3, 0.4) is 0 Å². The highest BCUT2D eigenvalue weighted by Crippen LogP contribution is 2.21. The summed E-state index contributed by atoms with van der Waals surface area (Å²) in [5.74, 6) is 0. The Bertz CT molecular complexity index is 478. The molecule has 1 heterocycles. The van der Waals surface area contributed by atoms with Crippen molar-refractivity contribution >= 4 is 16.6 Å². The minimum Gasteiger partial charge on any atom is -0.399 e. The molecule has 0 radical (unpaired) electrons. The van der Waals surface area contributed by atoms with E-state index < -0.39 is 0 Å².